The Labute approximate surface area is 218 Å². The molecule has 0 aromatic heterocycles. The summed E-state index contributed by atoms with van der Waals surface area (Å²) in [4.78, 5) is 25.8. The molecule has 4 unspecified atom stereocenters. The first-order chi connectivity index (χ1) is 16.9. The fraction of sp³-hybridized carbons (Fsp3) is 0.733. The SMILES string of the molecule is CC(C)C1CC(OC(=O)c2ccc(C(=O)OC3CC(C(C)C)NC(C(C)C)C3)cc2)CC(C(C)C)N1. The Morgan fingerprint density at radius 2 is 0.833 bits per heavy atom. The van der Waals surface area contributed by atoms with E-state index in [4.69, 9.17) is 9.47 Å². The summed E-state index contributed by atoms with van der Waals surface area (Å²) in [5, 5.41) is 7.44. The van der Waals surface area contributed by atoms with Gasteiger partial charge in [0.25, 0.3) is 0 Å². The molecule has 1 aromatic carbocycles. The van der Waals surface area contributed by atoms with Gasteiger partial charge in [0.1, 0.15) is 12.2 Å². The fourth-order valence-electron chi connectivity index (χ4n) is 5.38. The molecule has 6 heteroatoms. The second-order valence-corrected chi connectivity index (χ2v) is 12.3. The van der Waals surface area contributed by atoms with Gasteiger partial charge in [-0.15, -0.1) is 0 Å². The lowest BCUT2D eigenvalue weighted by atomic mass is 9.85. The van der Waals surface area contributed by atoms with Crippen LogP contribution in [-0.2, 0) is 9.47 Å². The molecule has 2 fully saturated rings. The quantitative estimate of drug-likeness (QED) is 0.452. The molecule has 202 valence electrons. The minimum Gasteiger partial charge on any atom is -0.459 e. The maximum absolute atomic E-state index is 12.9. The van der Waals surface area contributed by atoms with Gasteiger partial charge >= 0.3 is 11.9 Å². The first kappa shape index (κ1) is 28.6. The number of benzene rings is 1. The number of nitrogens with one attached hydrogen (secondary N) is 2. The van der Waals surface area contributed by atoms with Gasteiger partial charge in [-0.05, 0) is 47.9 Å². The molecule has 0 aliphatic carbocycles. The molecule has 0 spiro atoms. The van der Waals surface area contributed by atoms with E-state index in [1.807, 2.05) is 0 Å². The highest BCUT2D eigenvalue weighted by Crippen LogP contribution is 2.27. The van der Waals surface area contributed by atoms with Gasteiger partial charge < -0.3 is 20.1 Å². The summed E-state index contributed by atoms with van der Waals surface area (Å²) in [6.45, 7) is 17.6. The fourth-order valence-corrected chi connectivity index (χ4v) is 5.38. The molecule has 2 heterocycles. The number of ether oxygens (including phenoxy) is 2. The summed E-state index contributed by atoms with van der Waals surface area (Å²) in [7, 11) is 0. The first-order valence-corrected chi connectivity index (χ1v) is 14.0. The third-order valence-electron chi connectivity index (χ3n) is 8.05. The van der Waals surface area contributed by atoms with E-state index in [1.165, 1.54) is 0 Å². The smallest absolute Gasteiger partial charge is 0.338 e. The molecule has 0 bridgehead atoms. The van der Waals surface area contributed by atoms with Crippen molar-refractivity contribution in [3.05, 3.63) is 35.4 Å². The Balaban J connectivity index is 1.60. The van der Waals surface area contributed by atoms with Crippen LogP contribution in [0.2, 0.25) is 0 Å². The van der Waals surface area contributed by atoms with Crippen LogP contribution < -0.4 is 10.6 Å². The number of carbonyl (C=O) groups is 2. The second kappa shape index (κ2) is 12.6. The van der Waals surface area contributed by atoms with Crippen molar-refractivity contribution in [2.24, 2.45) is 23.7 Å². The highest BCUT2D eigenvalue weighted by atomic mass is 16.5. The molecule has 2 aliphatic rings. The van der Waals surface area contributed by atoms with Crippen molar-refractivity contribution in [2.45, 2.75) is 117 Å². The highest BCUT2D eigenvalue weighted by molar-refractivity contribution is 5.93. The Hall–Kier alpha value is -1.92. The van der Waals surface area contributed by atoms with Gasteiger partial charge in [0.15, 0.2) is 0 Å². The lowest BCUT2D eigenvalue weighted by molar-refractivity contribution is 0.00474. The third kappa shape index (κ3) is 7.55. The Bertz CT molecular complexity index is 761. The van der Waals surface area contributed by atoms with Gasteiger partial charge in [-0.2, -0.15) is 0 Å². The molecule has 2 saturated heterocycles. The van der Waals surface area contributed by atoms with E-state index in [9.17, 15) is 9.59 Å². The number of hydrogen-bond donors (Lipinski definition) is 2. The van der Waals surface area contributed by atoms with E-state index in [2.05, 4.69) is 66.0 Å². The van der Waals surface area contributed by atoms with Crippen LogP contribution in [0, 0.1) is 23.7 Å². The molecule has 6 nitrogen and oxygen atoms in total. The van der Waals surface area contributed by atoms with Crippen molar-refractivity contribution < 1.29 is 19.1 Å². The molecule has 1 aromatic rings. The Morgan fingerprint density at radius 1 is 0.583 bits per heavy atom. The average Bonchev–Trinajstić information content (AvgIpc) is 2.83. The van der Waals surface area contributed by atoms with Crippen LogP contribution >= 0.6 is 0 Å². The molecular formula is C30H48N2O4. The van der Waals surface area contributed by atoms with Crippen molar-refractivity contribution in [1.29, 1.82) is 0 Å². The minimum atomic E-state index is -0.329. The predicted molar refractivity (Wildman–Crippen MR) is 144 cm³/mol. The largest absolute Gasteiger partial charge is 0.459 e. The average molecular weight is 501 g/mol. The summed E-state index contributed by atoms with van der Waals surface area (Å²) in [5.41, 5.74) is 0.933. The molecule has 4 atom stereocenters. The van der Waals surface area contributed by atoms with Crippen LogP contribution in [-0.4, -0.2) is 48.3 Å². The van der Waals surface area contributed by atoms with Gasteiger partial charge in [0.05, 0.1) is 11.1 Å². The van der Waals surface area contributed by atoms with Crippen LogP contribution in [0.3, 0.4) is 0 Å². The maximum atomic E-state index is 12.9. The number of carbonyl (C=O) groups excluding carboxylic acids is 2. The summed E-state index contributed by atoms with van der Waals surface area (Å²) >= 11 is 0. The van der Waals surface area contributed by atoms with E-state index < -0.39 is 0 Å². The van der Waals surface area contributed by atoms with Crippen molar-refractivity contribution in [2.75, 3.05) is 0 Å². The van der Waals surface area contributed by atoms with Crippen molar-refractivity contribution in [3.8, 4) is 0 Å². The topological polar surface area (TPSA) is 76.7 Å². The predicted octanol–water partition coefficient (Wildman–Crippen LogP) is 5.60. The normalized spacial score (nSPS) is 29.1. The van der Waals surface area contributed by atoms with Crippen LogP contribution in [0.15, 0.2) is 24.3 Å². The van der Waals surface area contributed by atoms with Crippen LogP contribution in [0.4, 0.5) is 0 Å². The molecule has 0 amide bonds. The Kier molecular flexibility index (Phi) is 9.99. The lowest BCUT2D eigenvalue weighted by Crippen LogP contribution is -2.52. The summed E-state index contributed by atoms with van der Waals surface area (Å²) in [6.07, 6.45) is 3.07. The summed E-state index contributed by atoms with van der Waals surface area (Å²) < 4.78 is 11.9. The second-order valence-electron chi connectivity index (χ2n) is 12.3. The standard InChI is InChI=1S/C30H48N2O4/c1-17(2)25-13-23(14-26(31-25)18(3)4)35-29(33)21-9-11-22(12-10-21)30(34)36-24-15-27(19(5)6)32-28(16-24)20(7)8/h9-12,17-20,23-28,31-32H,13-16H2,1-8H3. The molecule has 0 radical (unpaired) electrons. The lowest BCUT2D eigenvalue weighted by Gasteiger charge is -2.39. The number of rotatable bonds is 8. The van der Waals surface area contributed by atoms with Gasteiger partial charge in [-0.3, -0.25) is 0 Å². The number of esters is 2. The molecule has 0 saturated carbocycles. The Morgan fingerprint density at radius 3 is 1.06 bits per heavy atom. The van der Waals surface area contributed by atoms with Gasteiger partial charge in [-0.25, -0.2) is 9.59 Å². The zero-order valence-electron chi connectivity index (χ0n) is 23.5. The molecule has 2 N–H and O–H groups in total. The molecular weight excluding hydrogens is 452 g/mol. The van der Waals surface area contributed by atoms with E-state index in [-0.39, 0.29) is 24.1 Å². The van der Waals surface area contributed by atoms with Crippen molar-refractivity contribution in [1.82, 2.24) is 10.6 Å². The first-order valence-electron chi connectivity index (χ1n) is 14.0. The van der Waals surface area contributed by atoms with Crippen molar-refractivity contribution in [3.63, 3.8) is 0 Å². The maximum Gasteiger partial charge on any atom is 0.338 e. The van der Waals surface area contributed by atoms with Gasteiger partial charge in [0, 0.05) is 49.9 Å². The van der Waals surface area contributed by atoms with E-state index >= 15 is 0 Å². The van der Waals surface area contributed by atoms with Crippen LogP contribution in [0.25, 0.3) is 0 Å². The van der Waals surface area contributed by atoms with Crippen molar-refractivity contribution >= 4 is 11.9 Å². The van der Waals surface area contributed by atoms with E-state index in [1.54, 1.807) is 24.3 Å². The van der Waals surface area contributed by atoms with Gasteiger partial charge in [-0.1, -0.05) is 55.4 Å². The molecule has 3 rings (SSSR count). The van der Waals surface area contributed by atoms with E-state index in [0.29, 0.717) is 59.0 Å². The highest BCUT2D eigenvalue weighted by Gasteiger charge is 2.35. The zero-order chi connectivity index (χ0) is 26.6. The molecule has 36 heavy (non-hydrogen) atoms. The van der Waals surface area contributed by atoms with Crippen LogP contribution in [0.1, 0.15) is 102 Å². The molecule has 2 aliphatic heterocycles. The zero-order valence-corrected chi connectivity index (χ0v) is 23.5. The minimum absolute atomic E-state index is 0.106. The van der Waals surface area contributed by atoms with Gasteiger partial charge in [0.2, 0.25) is 0 Å². The van der Waals surface area contributed by atoms with Crippen LogP contribution in [0.5, 0.6) is 0 Å². The monoisotopic (exact) mass is 500 g/mol. The third-order valence-corrected chi connectivity index (χ3v) is 8.05. The number of piperidine rings is 2. The van der Waals surface area contributed by atoms with E-state index in [0.717, 1.165) is 25.7 Å². The summed E-state index contributed by atoms with van der Waals surface area (Å²) in [5.74, 6) is 1.25. The summed E-state index contributed by atoms with van der Waals surface area (Å²) in [6, 6.07) is 8.05. The number of hydrogen-bond acceptors (Lipinski definition) is 6.